The minimum atomic E-state index is -0.186. The van der Waals surface area contributed by atoms with Gasteiger partial charge in [-0.25, -0.2) is 0 Å². The largest absolute Gasteiger partial charge is 0.508 e. The molecule has 2 aromatic carbocycles. The molecule has 1 heterocycles. The molecule has 2 atom stereocenters. The average Bonchev–Trinajstić information content (AvgIpc) is 2.95. The molecule has 24 heavy (non-hydrogen) atoms. The molecule has 0 amide bonds. The lowest BCUT2D eigenvalue weighted by Crippen LogP contribution is -2.08. The van der Waals surface area contributed by atoms with E-state index in [0.29, 0.717) is 23.0 Å². The fourth-order valence-corrected chi connectivity index (χ4v) is 3.33. The number of aromatic hydroxyl groups is 1. The van der Waals surface area contributed by atoms with Gasteiger partial charge in [0.2, 0.25) is 0 Å². The van der Waals surface area contributed by atoms with Gasteiger partial charge in [0.15, 0.2) is 23.0 Å². The Balaban J connectivity index is 2.05. The summed E-state index contributed by atoms with van der Waals surface area (Å²) in [5.41, 5.74) is 2.78. The summed E-state index contributed by atoms with van der Waals surface area (Å²) in [5, 5.41) is 10.1. The molecule has 1 N–H and O–H groups in total. The summed E-state index contributed by atoms with van der Waals surface area (Å²) in [4.78, 5) is 0. The quantitative estimate of drug-likeness (QED) is 0.919. The maximum absolute atomic E-state index is 10.1. The topological polar surface area (TPSA) is 57.2 Å². The van der Waals surface area contributed by atoms with Crippen LogP contribution in [0.1, 0.15) is 35.6 Å². The number of phenolic OH excluding ortho intramolecular Hbond substituents is 1. The van der Waals surface area contributed by atoms with Gasteiger partial charge in [-0.15, -0.1) is 0 Å². The third kappa shape index (κ3) is 2.40. The fraction of sp³-hybridized carbons (Fsp3) is 0.368. The van der Waals surface area contributed by atoms with Gasteiger partial charge in [-0.3, -0.25) is 0 Å². The van der Waals surface area contributed by atoms with E-state index < -0.39 is 0 Å². The number of hydrogen-bond donors (Lipinski definition) is 1. The molecule has 5 nitrogen and oxygen atoms in total. The highest BCUT2D eigenvalue weighted by atomic mass is 16.5. The molecule has 2 aromatic rings. The Morgan fingerprint density at radius 1 is 0.958 bits per heavy atom. The Hall–Kier alpha value is -2.56. The normalized spacial score (nSPS) is 18.7. The summed E-state index contributed by atoms with van der Waals surface area (Å²) >= 11 is 0. The van der Waals surface area contributed by atoms with Crippen LogP contribution in [0, 0.1) is 6.92 Å². The van der Waals surface area contributed by atoms with Gasteiger partial charge in [-0.05, 0) is 30.2 Å². The number of rotatable bonds is 4. The SMILES string of the molecule is COc1ccc([C@H]2Oc3c(OC)cc(O)c(C)c3[C@@H]2C)cc1OC. The van der Waals surface area contributed by atoms with Crippen molar-refractivity contribution in [2.45, 2.75) is 25.9 Å². The summed E-state index contributed by atoms with van der Waals surface area (Å²) < 4.78 is 22.3. The first kappa shape index (κ1) is 16.3. The van der Waals surface area contributed by atoms with E-state index in [-0.39, 0.29) is 17.8 Å². The minimum Gasteiger partial charge on any atom is -0.508 e. The standard InChI is InChI=1S/C19H22O5/c1-10-13(20)9-16(23-5)19-17(10)11(2)18(24-19)12-6-7-14(21-3)15(8-12)22-4/h6-9,11,18,20H,1-5H3/t11-,18-/m0/s1. The lowest BCUT2D eigenvalue weighted by molar-refractivity contribution is 0.207. The van der Waals surface area contributed by atoms with Crippen molar-refractivity contribution in [3.05, 3.63) is 41.0 Å². The molecule has 0 aromatic heterocycles. The van der Waals surface area contributed by atoms with Crippen molar-refractivity contribution in [2.24, 2.45) is 0 Å². The molecule has 0 unspecified atom stereocenters. The van der Waals surface area contributed by atoms with Crippen molar-refractivity contribution in [2.75, 3.05) is 21.3 Å². The highest BCUT2D eigenvalue weighted by Gasteiger charge is 2.37. The van der Waals surface area contributed by atoms with Crippen LogP contribution in [-0.4, -0.2) is 26.4 Å². The zero-order chi connectivity index (χ0) is 17.4. The molecule has 128 valence electrons. The van der Waals surface area contributed by atoms with Crippen LogP contribution in [0.15, 0.2) is 24.3 Å². The molecule has 0 fully saturated rings. The third-order valence-corrected chi connectivity index (χ3v) is 4.63. The van der Waals surface area contributed by atoms with Gasteiger partial charge in [0.05, 0.1) is 21.3 Å². The lowest BCUT2D eigenvalue weighted by Gasteiger charge is -2.18. The van der Waals surface area contributed by atoms with Crippen LogP contribution in [0.3, 0.4) is 0 Å². The Bertz CT molecular complexity index is 769. The summed E-state index contributed by atoms with van der Waals surface area (Å²) in [6, 6.07) is 7.36. The fourth-order valence-electron chi connectivity index (χ4n) is 3.33. The van der Waals surface area contributed by atoms with Crippen molar-refractivity contribution in [1.29, 1.82) is 0 Å². The highest BCUT2D eigenvalue weighted by molar-refractivity contribution is 5.61. The van der Waals surface area contributed by atoms with Crippen molar-refractivity contribution < 1.29 is 24.1 Å². The van der Waals surface area contributed by atoms with Gasteiger partial charge >= 0.3 is 0 Å². The summed E-state index contributed by atoms with van der Waals surface area (Å²) in [6.07, 6.45) is -0.186. The number of hydrogen-bond acceptors (Lipinski definition) is 5. The number of ether oxygens (including phenoxy) is 4. The Kier molecular flexibility index (Phi) is 4.18. The molecule has 5 heteroatoms. The Morgan fingerprint density at radius 3 is 2.25 bits per heavy atom. The maximum atomic E-state index is 10.1. The van der Waals surface area contributed by atoms with E-state index in [1.54, 1.807) is 27.4 Å². The molecule has 3 rings (SSSR count). The first-order chi connectivity index (χ1) is 11.5. The first-order valence-electron chi connectivity index (χ1n) is 7.80. The van der Waals surface area contributed by atoms with Crippen LogP contribution in [0.25, 0.3) is 0 Å². The van der Waals surface area contributed by atoms with Gasteiger partial charge in [-0.1, -0.05) is 13.0 Å². The second-order valence-electron chi connectivity index (χ2n) is 5.91. The van der Waals surface area contributed by atoms with Crippen LogP contribution < -0.4 is 18.9 Å². The minimum absolute atomic E-state index is 0.0686. The number of benzene rings is 2. The van der Waals surface area contributed by atoms with Crippen LogP contribution in [0.5, 0.6) is 28.7 Å². The summed E-state index contributed by atoms with van der Waals surface area (Å²) in [5.74, 6) is 2.86. The molecule has 0 spiro atoms. The lowest BCUT2D eigenvalue weighted by atomic mass is 9.89. The van der Waals surface area contributed by atoms with Crippen LogP contribution >= 0.6 is 0 Å². The number of fused-ring (bicyclic) bond motifs is 1. The second kappa shape index (κ2) is 6.15. The van der Waals surface area contributed by atoms with Crippen molar-refractivity contribution in [3.8, 4) is 28.7 Å². The van der Waals surface area contributed by atoms with E-state index in [1.165, 1.54) is 0 Å². The van der Waals surface area contributed by atoms with E-state index in [2.05, 4.69) is 6.92 Å². The Labute approximate surface area is 141 Å². The third-order valence-electron chi connectivity index (χ3n) is 4.63. The highest BCUT2D eigenvalue weighted by Crippen LogP contribution is 2.54. The molecular formula is C19H22O5. The van der Waals surface area contributed by atoms with Gasteiger partial charge in [0, 0.05) is 17.5 Å². The van der Waals surface area contributed by atoms with Gasteiger partial charge in [-0.2, -0.15) is 0 Å². The van der Waals surface area contributed by atoms with Crippen molar-refractivity contribution in [1.82, 2.24) is 0 Å². The molecule has 0 saturated heterocycles. The first-order valence-corrected chi connectivity index (χ1v) is 7.80. The number of phenols is 1. The second-order valence-corrected chi connectivity index (χ2v) is 5.91. The monoisotopic (exact) mass is 330 g/mol. The number of methoxy groups -OCH3 is 3. The van der Waals surface area contributed by atoms with E-state index in [9.17, 15) is 5.11 Å². The van der Waals surface area contributed by atoms with E-state index in [4.69, 9.17) is 18.9 Å². The van der Waals surface area contributed by atoms with Gasteiger partial charge in [0.1, 0.15) is 11.9 Å². The molecular weight excluding hydrogens is 308 g/mol. The van der Waals surface area contributed by atoms with Crippen LogP contribution in [0.4, 0.5) is 0 Å². The Morgan fingerprint density at radius 2 is 1.62 bits per heavy atom. The molecule has 0 saturated carbocycles. The van der Waals surface area contributed by atoms with Crippen molar-refractivity contribution >= 4 is 0 Å². The summed E-state index contributed by atoms with van der Waals surface area (Å²) in [7, 11) is 4.79. The average molecular weight is 330 g/mol. The smallest absolute Gasteiger partial charge is 0.166 e. The van der Waals surface area contributed by atoms with Gasteiger partial charge in [0.25, 0.3) is 0 Å². The van der Waals surface area contributed by atoms with Crippen LogP contribution in [-0.2, 0) is 0 Å². The van der Waals surface area contributed by atoms with E-state index in [0.717, 1.165) is 16.7 Å². The zero-order valence-corrected chi connectivity index (χ0v) is 14.5. The maximum Gasteiger partial charge on any atom is 0.166 e. The van der Waals surface area contributed by atoms with Crippen LogP contribution in [0.2, 0.25) is 0 Å². The van der Waals surface area contributed by atoms with E-state index >= 15 is 0 Å². The predicted molar refractivity (Wildman–Crippen MR) is 90.7 cm³/mol. The molecule has 0 aliphatic carbocycles. The molecule has 0 bridgehead atoms. The van der Waals surface area contributed by atoms with Gasteiger partial charge < -0.3 is 24.1 Å². The predicted octanol–water partition coefficient (Wildman–Crippen LogP) is 3.96. The van der Waals surface area contributed by atoms with Crippen molar-refractivity contribution in [3.63, 3.8) is 0 Å². The zero-order valence-electron chi connectivity index (χ0n) is 14.5. The van der Waals surface area contributed by atoms with E-state index in [1.807, 2.05) is 25.1 Å². The molecule has 1 aliphatic rings. The summed E-state index contributed by atoms with van der Waals surface area (Å²) in [6.45, 7) is 3.98. The molecule has 1 aliphatic heterocycles. The molecule has 0 radical (unpaired) electrons.